The number of hydrogen-bond donors (Lipinski definition) is 1. The lowest BCUT2D eigenvalue weighted by Crippen LogP contribution is -2.36. The molecule has 0 saturated heterocycles. The Morgan fingerprint density at radius 1 is 1.20 bits per heavy atom. The topological polar surface area (TPSA) is 26.0 Å². The van der Waals surface area contributed by atoms with Gasteiger partial charge in [-0.05, 0) is 49.8 Å². The van der Waals surface area contributed by atoms with E-state index in [1.807, 2.05) is 0 Å². The quantitative estimate of drug-likeness (QED) is 0.767. The zero-order chi connectivity index (χ0) is 15.5. The monoisotopic (exact) mass is 271 g/mol. The summed E-state index contributed by atoms with van der Waals surface area (Å²) in [6.07, 6.45) is 4.40. The van der Waals surface area contributed by atoms with Gasteiger partial charge in [0.25, 0.3) is 0 Å². The van der Waals surface area contributed by atoms with E-state index in [1.165, 1.54) is 27.8 Å². The first-order valence-electron chi connectivity index (χ1n) is 7.34. The molecule has 110 valence electrons. The van der Waals surface area contributed by atoms with Crippen molar-refractivity contribution in [2.24, 2.45) is 11.1 Å². The number of aryl methyl sites for hydroxylation is 2. The molecule has 1 nitrogen and oxygen atoms in total. The third-order valence-electron chi connectivity index (χ3n) is 3.82. The standard InChI is InChI=1S/C19H29N/c1-8-16(12-15(4)18(20)19(5,6)7)17-11-13(2)9-10-14(17)3/h8-12,18H,20H2,1-7H3/b15-12+,16-8+/t18-/m0/s1. The Labute approximate surface area is 124 Å². The van der Waals surface area contributed by atoms with Gasteiger partial charge in [0.1, 0.15) is 0 Å². The van der Waals surface area contributed by atoms with Crippen molar-refractivity contribution in [1.82, 2.24) is 0 Å². The number of allylic oxidation sites excluding steroid dienone is 3. The smallest absolute Gasteiger partial charge is 0.0303 e. The first kappa shape index (κ1) is 16.7. The number of nitrogens with two attached hydrogens (primary N) is 1. The largest absolute Gasteiger partial charge is 0.324 e. The number of benzene rings is 1. The first-order valence-corrected chi connectivity index (χ1v) is 7.34. The maximum Gasteiger partial charge on any atom is 0.0303 e. The van der Waals surface area contributed by atoms with Gasteiger partial charge in [-0.25, -0.2) is 0 Å². The van der Waals surface area contributed by atoms with Gasteiger partial charge in [0.2, 0.25) is 0 Å². The van der Waals surface area contributed by atoms with Crippen molar-refractivity contribution in [2.45, 2.75) is 54.5 Å². The molecule has 1 aromatic carbocycles. The molecule has 0 fully saturated rings. The Kier molecular flexibility index (Phi) is 5.35. The molecule has 0 saturated carbocycles. The fourth-order valence-corrected chi connectivity index (χ4v) is 2.38. The molecule has 0 aliphatic rings. The van der Waals surface area contributed by atoms with Crippen LogP contribution in [0.3, 0.4) is 0 Å². The molecule has 0 unspecified atom stereocenters. The van der Waals surface area contributed by atoms with Crippen LogP contribution in [0.4, 0.5) is 0 Å². The van der Waals surface area contributed by atoms with Crippen LogP contribution in [-0.2, 0) is 0 Å². The molecule has 2 N–H and O–H groups in total. The average Bonchev–Trinajstić information content (AvgIpc) is 2.36. The predicted octanol–water partition coefficient (Wildman–Crippen LogP) is 5.03. The van der Waals surface area contributed by atoms with Gasteiger partial charge in [-0.2, -0.15) is 0 Å². The van der Waals surface area contributed by atoms with E-state index in [0.29, 0.717) is 0 Å². The Morgan fingerprint density at radius 2 is 1.80 bits per heavy atom. The van der Waals surface area contributed by atoms with Crippen LogP contribution in [0.2, 0.25) is 0 Å². The number of rotatable bonds is 3. The fourth-order valence-electron chi connectivity index (χ4n) is 2.38. The van der Waals surface area contributed by atoms with Gasteiger partial charge in [0.15, 0.2) is 0 Å². The van der Waals surface area contributed by atoms with E-state index in [0.717, 1.165) is 0 Å². The van der Waals surface area contributed by atoms with Crippen LogP contribution < -0.4 is 5.73 Å². The van der Waals surface area contributed by atoms with E-state index < -0.39 is 0 Å². The zero-order valence-corrected chi connectivity index (χ0v) is 14.0. The lowest BCUT2D eigenvalue weighted by Gasteiger charge is -2.28. The van der Waals surface area contributed by atoms with Crippen LogP contribution in [0.5, 0.6) is 0 Å². The lowest BCUT2D eigenvalue weighted by atomic mass is 9.82. The summed E-state index contributed by atoms with van der Waals surface area (Å²) in [5, 5.41) is 0. The van der Waals surface area contributed by atoms with E-state index in [4.69, 9.17) is 5.73 Å². The van der Waals surface area contributed by atoms with E-state index in [9.17, 15) is 0 Å². The molecule has 0 aliphatic carbocycles. The molecule has 0 bridgehead atoms. The predicted molar refractivity (Wildman–Crippen MR) is 90.8 cm³/mol. The van der Waals surface area contributed by atoms with Crippen molar-refractivity contribution in [3.05, 3.63) is 52.6 Å². The highest BCUT2D eigenvalue weighted by Gasteiger charge is 2.22. The minimum atomic E-state index is 0.0718. The van der Waals surface area contributed by atoms with Crippen molar-refractivity contribution in [3.63, 3.8) is 0 Å². The van der Waals surface area contributed by atoms with Crippen molar-refractivity contribution in [3.8, 4) is 0 Å². The second-order valence-electron chi connectivity index (χ2n) is 6.79. The Bertz CT molecular complexity index is 527. The molecular weight excluding hydrogens is 242 g/mol. The van der Waals surface area contributed by atoms with Gasteiger partial charge in [0, 0.05) is 6.04 Å². The Balaban J connectivity index is 3.19. The third-order valence-corrected chi connectivity index (χ3v) is 3.82. The summed E-state index contributed by atoms with van der Waals surface area (Å²) in [5.74, 6) is 0. The summed E-state index contributed by atoms with van der Waals surface area (Å²) in [5.41, 5.74) is 12.8. The Morgan fingerprint density at radius 3 is 2.30 bits per heavy atom. The molecular formula is C19H29N. The van der Waals surface area contributed by atoms with Crippen molar-refractivity contribution in [1.29, 1.82) is 0 Å². The molecule has 0 radical (unpaired) electrons. The van der Waals surface area contributed by atoms with Gasteiger partial charge >= 0.3 is 0 Å². The van der Waals surface area contributed by atoms with E-state index >= 15 is 0 Å². The summed E-state index contributed by atoms with van der Waals surface area (Å²) in [7, 11) is 0. The molecule has 1 aromatic rings. The van der Waals surface area contributed by atoms with E-state index in [2.05, 4.69) is 78.8 Å². The summed E-state index contributed by atoms with van der Waals surface area (Å²) in [6, 6.07) is 6.66. The van der Waals surface area contributed by atoms with Crippen LogP contribution in [-0.4, -0.2) is 6.04 Å². The SMILES string of the molecule is C/C=C(\C=C(/C)[C@H](N)C(C)(C)C)c1cc(C)ccc1C. The maximum atomic E-state index is 6.35. The van der Waals surface area contributed by atoms with Gasteiger partial charge < -0.3 is 5.73 Å². The maximum absolute atomic E-state index is 6.35. The molecule has 0 spiro atoms. The first-order chi connectivity index (χ1) is 9.16. The molecule has 0 amide bonds. The van der Waals surface area contributed by atoms with Crippen molar-refractivity contribution >= 4 is 5.57 Å². The van der Waals surface area contributed by atoms with E-state index in [1.54, 1.807) is 0 Å². The molecule has 0 aliphatic heterocycles. The highest BCUT2D eigenvalue weighted by atomic mass is 14.7. The second kappa shape index (κ2) is 6.41. The minimum Gasteiger partial charge on any atom is -0.324 e. The zero-order valence-electron chi connectivity index (χ0n) is 14.0. The molecule has 0 aromatic heterocycles. The van der Waals surface area contributed by atoms with Gasteiger partial charge in [-0.1, -0.05) is 62.3 Å². The van der Waals surface area contributed by atoms with Gasteiger partial charge in [-0.15, -0.1) is 0 Å². The van der Waals surface area contributed by atoms with Crippen molar-refractivity contribution in [2.75, 3.05) is 0 Å². The van der Waals surface area contributed by atoms with Gasteiger partial charge in [0.05, 0.1) is 0 Å². The Hall–Kier alpha value is -1.34. The second-order valence-corrected chi connectivity index (χ2v) is 6.79. The van der Waals surface area contributed by atoms with Crippen molar-refractivity contribution < 1.29 is 0 Å². The molecule has 1 heteroatoms. The van der Waals surface area contributed by atoms with Crippen LogP contribution in [0.15, 0.2) is 35.9 Å². The fraction of sp³-hybridized carbons (Fsp3) is 0.474. The summed E-state index contributed by atoms with van der Waals surface area (Å²) in [6.45, 7) is 15.1. The van der Waals surface area contributed by atoms with Crippen LogP contribution in [0.1, 0.15) is 51.3 Å². The van der Waals surface area contributed by atoms with Crippen LogP contribution in [0.25, 0.3) is 5.57 Å². The van der Waals surface area contributed by atoms with E-state index in [-0.39, 0.29) is 11.5 Å². The summed E-state index contributed by atoms with van der Waals surface area (Å²) >= 11 is 0. The molecule has 1 atom stereocenters. The lowest BCUT2D eigenvalue weighted by molar-refractivity contribution is 0.354. The molecule has 0 heterocycles. The third kappa shape index (κ3) is 4.08. The normalized spacial score (nSPS) is 15.4. The van der Waals surface area contributed by atoms with Crippen LogP contribution in [0, 0.1) is 19.3 Å². The summed E-state index contributed by atoms with van der Waals surface area (Å²) < 4.78 is 0. The summed E-state index contributed by atoms with van der Waals surface area (Å²) in [4.78, 5) is 0. The highest BCUT2D eigenvalue weighted by molar-refractivity contribution is 5.76. The average molecular weight is 271 g/mol. The number of hydrogen-bond acceptors (Lipinski definition) is 1. The molecule has 20 heavy (non-hydrogen) atoms. The highest BCUT2D eigenvalue weighted by Crippen LogP contribution is 2.27. The van der Waals surface area contributed by atoms with Gasteiger partial charge in [-0.3, -0.25) is 0 Å². The van der Waals surface area contributed by atoms with Crippen LogP contribution >= 0.6 is 0 Å². The molecule has 1 rings (SSSR count). The minimum absolute atomic E-state index is 0.0718.